The molecule has 2 aliphatic heterocycles. The Morgan fingerprint density at radius 3 is 2.46 bits per heavy atom. The molecule has 0 aliphatic carbocycles. The first-order valence-corrected chi connectivity index (χ1v) is 12.8. The van der Waals surface area contributed by atoms with Crippen LogP contribution < -0.4 is 4.74 Å². The van der Waals surface area contributed by atoms with Crippen molar-refractivity contribution in [2.24, 2.45) is 5.92 Å². The second-order valence-electron chi connectivity index (χ2n) is 10.3. The lowest BCUT2D eigenvalue weighted by Crippen LogP contribution is -2.49. The second kappa shape index (κ2) is 10.3. The molecule has 37 heavy (non-hydrogen) atoms. The molecule has 0 amide bonds. The van der Waals surface area contributed by atoms with E-state index >= 15 is 8.78 Å². The maximum atomic E-state index is 15.7. The van der Waals surface area contributed by atoms with Crippen LogP contribution in [0.5, 0.6) is 5.75 Å². The van der Waals surface area contributed by atoms with Gasteiger partial charge in [-0.15, -0.1) is 0 Å². The van der Waals surface area contributed by atoms with Crippen LogP contribution in [0.25, 0.3) is 10.9 Å². The lowest BCUT2D eigenvalue weighted by molar-refractivity contribution is -0.0547. The Morgan fingerprint density at radius 2 is 1.78 bits per heavy atom. The number of hydrogen-bond acceptors (Lipinski definition) is 3. The summed E-state index contributed by atoms with van der Waals surface area (Å²) in [6, 6.07) is 8.26. The molecule has 2 atom stereocenters. The topological polar surface area (TPSA) is 31.5 Å². The van der Waals surface area contributed by atoms with Gasteiger partial charge in [0.05, 0.1) is 19.3 Å². The first-order valence-electron chi connectivity index (χ1n) is 12.8. The van der Waals surface area contributed by atoms with Gasteiger partial charge in [0.1, 0.15) is 24.0 Å². The number of rotatable bonds is 9. The van der Waals surface area contributed by atoms with E-state index in [-0.39, 0.29) is 43.0 Å². The molecular weight excluding hydrogens is 489 g/mol. The Bertz CT molecular complexity index is 1230. The predicted molar refractivity (Wildman–Crippen MR) is 133 cm³/mol. The average Bonchev–Trinajstić information content (AvgIpc) is 3.19. The fourth-order valence-corrected chi connectivity index (χ4v) is 5.62. The second-order valence-corrected chi connectivity index (χ2v) is 10.3. The number of nitrogens with one attached hydrogen (secondary N) is 1. The summed E-state index contributed by atoms with van der Waals surface area (Å²) in [7, 11) is 0. The molecule has 0 radical (unpaired) electrons. The summed E-state index contributed by atoms with van der Waals surface area (Å²) in [6.07, 6.45) is 0.0923. The van der Waals surface area contributed by atoms with Crippen molar-refractivity contribution in [2.45, 2.75) is 44.7 Å². The molecule has 1 fully saturated rings. The third-order valence-corrected chi connectivity index (χ3v) is 7.68. The fraction of sp³-hybridized carbons (Fsp3) is 0.500. The Hall–Kier alpha value is -2.65. The molecule has 9 heteroatoms. The third kappa shape index (κ3) is 5.08. The Morgan fingerprint density at radius 1 is 1.08 bits per heavy atom. The molecule has 1 saturated heterocycles. The molecule has 2 aromatic carbocycles. The summed E-state index contributed by atoms with van der Waals surface area (Å²) in [6.45, 7) is 4.28. The van der Waals surface area contributed by atoms with Gasteiger partial charge < -0.3 is 9.72 Å². The first-order chi connectivity index (χ1) is 17.7. The smallest absolute Gasteiger partial charge is 0.260 e. The van der Waals surface area contributed by atoms with Crippen LogP contribution in [0.3, 0.4) is 0 Å². The van der Waals surface area contributed by atoms with Gasteiger partial charge in [-0.1, -0.05) is 25.1 Å². The van der Waals surface area contributed by atoms with Crippen molar-refractivity contribution in [1.29, 1.82) is 0 Å². The lowest BCUT2D eigenvalue weighted by Gasteiger charge is -2.42. The van der Waals surface area contributed by atoms with Crippen molar-refractivity contribution in [2.75, 3.05) is 39.5 Å². The standard InChI is InChI=1S/C28H32F5N3O/c1-3-28(32,33)16-36-17(2)10-24-25(20-6-4-5-7-23(20)34-24)27(36)26-21(30)11-19(12-22(26)31)37-9-8-35-14-18(13-29)15-35/h4-7,11-12,17-18,27,34H,3,8-10,13-16H2,1-2H3/t17-,27+/m0/s1. The summed E-state index contributed by atoms with van der Waals surface area (Å²) in [4.78, 5) is 6.88. The zero-order valence-electron chi connectivity index (χ0n) is 21.0. The fourth-order valence-electron chi connectivity index (χ4n) is 5.62. The van der Waals surface area contributed by atoms with Gasteiger partial charge in [0, 0.05) is 84.3 Å². The molecule has 5 rings (SSSR count). The number of benzene rings is 2. The van der Waals surface area contributed by atoms with Crippen LogP contribution in [-0.4, -0.2) is 66.2 Å². The molecule has 200 valence electrons. The highest BCUT2D eigenvalue weighted by molar-refractivity contribution is 5.86. The van der Waals surface area contributed by atoms with E-state index in [0.717, 1.165) is 28.7 Å². The molecule has 0 spiro atoms. The zero-order chi connectivity index (χ0) is 26.3. The van der Waals surface area contributed by atoms with Crippen LogP contribution in [0.4, 0.5) is 22.0 Å². The van der Waals surface area contributed by atoms with E-state index < -0.39 is 30.1 Å². The van der Waals surface area contributed by atoms with E-state index in [0.29, 0.717) is 31.6 Å². The average molecular weight is 522 g/mol. The predicted octanol–water partition coefficient (Wildman–Crippen LogP) is 6.11. The van der Waals surface area contributed by atoms with Gasteiger partial charge in [-0.05, 0) is 13.0 Å². The Labute approximate surface area is 213 Å². The Kier molecular flexibility index (Phi) is 7.20. The zero-order valence-corrected chi connectivity index (χ0v) is 21.0. The molecule has 4 nitrogen and oxygen atoms in total. The van der Waals surface area contributed by atoms with Crippen molar-refractivity contribution in [3.63, 3.8) is 0 Å². The first kappa shape index (κ1) is 26.0. The maximum Gasteiger partial charge on any atom is 0.260 e. The number of alkyl halides is 3. The van der Waals surface area contributed by atoms with Crippen LogP contribution in [-0.2, 0) is 6.42 Å². The highest BCUT2D eigenvalue weighted by Gasteiger charge is 2.43. The normalized spacial score (nSPS) is 21.3. The molecule has 3 aromatic rings. The molecule has 0 unspecified atom stereocenters. The number of fused-ring (bicyclic) bond motifs is 3. The minimum absolute atomic E-state index is 0.0368. The molecule has 1 N–H and O–H groups in total. The number of likely N-dealkylation sites (tertiary alicyclic amines) is 1. The lowest BCUT2D eigenvalue weighted by atomic mass is 9.86. The van der Waals surface area contributed by atoms with Crippen LogP contribution in [0.15, 0.2) is 36.4 Å². The van der Waals surface area contributed by atoms with Gasteiger partial charge >= 0.3 is 0 Å². The van der Waals surface area contributed by atoms with E-state index in [1.807, 2.05) is 36.1 Å². The largest absolute Gasteiger partial charge is 0.492 e. The molecule has 0 bridgehead atoms. The van der Waals surface area contributed by atoms with Crippen molar-refractivity contribution < 1.29 is 26.7 Å². The van der Waals surface area contributed by atoms with E-state index in [9.17, 15) is 13.2 Å². The van der Waals surface area contributed by atoms with Crippen LogP contribution in [0, 0.1) is 17.6 Å². The number of H-pyrrole nitrogens is 1. The van der Waals surface area contributed by atoms with Gasteiger partial charge in [-0.2, -0.15) is 0 Å². The van der Waals surface area contributed by atoms with Gasteiger partial charge in [0.25, 0.3) is 5.92 Å². The summed E-state index contributed by atoms with van der Waals surface area (Å²) in [5.74, 6) is -4.60. The number of halogens is 5. The van der Waals surface area contributed by atoms with Crippen LogP contribution >= 0.6 is 0 Å². The van der Waals surface area contributed by atoms with Crippen LogP contribution in [0.1, 0.15) is 43.1 Å². The number of para-hydroxylation sites is 1. The highest BCUT2D eigenvalue weighted by Crippen LogP contribution is 2.45. The van der Waals surface area contributed by atoms with Crippen molar-refractivity contribution in [1.82, 2.24) is 14.8 Å². The molecule has 1 aromatic heterocycles. The molecule has 2 aliphatic rings. The SMILES string of the molecule is CCC(F)(F)CN1[C@@H](c2c(F)cc(OCCN3CC(CF)C3)cc2F)c2c([nH]c3ccccc23)C[C@@H]1C. The van der Waals surface area contributed by atoms with Crippen molar-refractivity contribution in [3.05, 3.63) is 64.9 Å². The minimum Gasteiger partial charge on any atom is -0.492 e. The Balaban J connectivity index is 1.49. The van der Waals surface area contributed by atoms with E-state index in [1.54, 1.807) is 0 Å². The van der Waals surface area contributed by atoms with Gasteiger partial charge in [0.15, 0.2) is 0 Å². The van der Waals surface area contributed by atoms with Crippen molar-refractivity contribution in [3.8, 4) is 5.75 Å². The van der Waals surface area contributed by atoms with Gasteiger partial charge in [-0.25, -0.2) is 17.6 Å². The monoisotopic (exact) mass is 521 g/mol. The van der Waals surface area contributed by atoms with E-state index in [2.05, 4.69) is 4.98 Å². The third-order valence-electron chi connectivity index (χ3n) is 7.68. The van der Waals surface area contributed by atoms with E-state index in [1.165, 1.54) is 11.8 Å². The number of hydrogen-bond donors (Lipinski definition) is 1. The summed E-state index contributed by atoms with van der Waals surface area (Å²) in [5, 5.41) is 0.763. The van der Waals surface area contributed by atoms with Gasteiger partial charge in [-0.3, -0.25) is 14.2 Å². The number of ether oxygens (including phenoxy) is 1. The molecule has 0 saturated carbocycles. The van der Waals surface area contributed by atoms with Crippen molar-refractivity contribution >= 4 is 10.9 Å². The van der Waals surface area contributed by atoms with Crippen LogP contribution in [0.2, 0.25) is 0 Å². The maximum absolute atomic E-state index is 15.7. The van der Waals surface area contributed by atoms with Gasteiger partial charge in [0.2, 0.25) is 0 Å². The summed E-state index contributed by atoms with van der Waals surface area (Å²) in [5.41, 5.74) is 1.98. The number of nitrogens with zero attached hydrogens (tertiary/aromatic N) is 2. The van der Waals surface area contributed by atoms with E-state index in [4.69, 9.17) is 4.74 Å². The number of aromatic amines is 1. The summed E-state index contributed by atoms with van der Waals surface area (Å²) < 4.78 is 78.9. The highest BCUT2D eigenvalue weighted by atomic mass is 19.3. The number of aromatic nitrogens is 1. The summed E-state index contributed by atoms with van der Waals surface area (Å²) >= 11 is 0. The minimum atomic E-state index is -3.01. The molecule has 3 heterocycles. The quantitative estimate of drug-likeness (QED) is 0.345. The molecular formula is C28H32F5N3O.